The summed E-state index contributed by atoms with van der Waals surface area (Å²) >= 11 is 2.77. The van der Waals surface area contributed by atoms with Gasteiger partial charge in [-0.3, -0.25) is 19.0 Å². The van der Waals surface area contributed by atoms with Crippen LogP contribution in [0, 0.1) is 0 Å². The lowest BCUT2D eigenvalue weighted by atomic mass is 10.3. The molecule has 0 spiro atoms. The van der Waals surface area contributed by atoms with E-state index in [0.717, 1.165) is 4.68 Å². The van der Waals surface area contributed by atoms with Gasteiger partial charge in [0, 0.05) is 26.8 Å². The summed E-state index contributed by atoms with van der Waals surface area (Å²) in [5.74, 6) is -1.40. The molecule has 0 saturated heterocycles. The molecule has 2 amide bonds. The minimum Gasteiger partial charge on any atom is -0.354 e. The SMILES string of the molecule is CCn1cc(NC(=O)c2c(Br)c(C(F)(F)F)nn2C)c(C(=O)NC)n1. The van der Waals surface area contributed by atoms with Gasteiger partial charge in [-0.25, -0.2) is 0 Å². The number of nitrogens with zero attached hydrogens (tertiary/aromatic N) is 4. The molecule has 2 rings (SSSR count). The number of hydrogen-bond donors (Lipinski definition) is 2. The van der Waals surface area contributed by atoms with Gasteiger partial charge in [0.05, 0.1) is 10.2 Å². The number of alkyl halides is 3. The maximum absolute atomic E-state index is 12.9. The van der Waals surface area contributed by atoms with Crippen LogP contribution in [-0.4, -0.2) is 38.4 Å². The van der Waals surface area contributed by atoms with Gasteiger partial charge in [0.15, 0.2) is 11.4 Å². The third-order valence-electron chi connectivity index (χ3n) is 3.25. The minimum atomic E-state index is -4.71. The highest BCUT2D eigenvalue weighted by Crippen LogP contribution is 2.35. The number of anilines is 1. The monoisotopic (exact) mass is 422 g/mol. The predicted molar refractivity (Wildman–Crippen MR) is 85.2 cm³/mol. The van der Waals surface area contributed by atoms with Crippen molar-refractivity contribution in [2.24, 2.45) is 7.05 Å². The highest BCUT2D eigenvalue weighted by atomic mass is 79.9. The molecule has 0 radical (unpaired) electrons. The van der Waals surface area contributed by atoms with Gasteiger partial charge in [0.1, 0.15) is 5.69 Å². The lowest BCUT2D eigenvalue weighted by molar-refractivity contribution is -0.142. The second kappa shape index (κ2) is 6.86. The Morgan fingerprint density at radius 3 is 2.40 bits per heavy atom. The summed E-state index contributed by atoms with van der Waals surface area (Å²) in [6, 6.07) is 0. The van der Waals surface area contributed by atoms with Gasteiger partial charge in [0.2, 0.25) is 0 Å². The van der Waals surface area contributed by atoms with Crippen LogP contribution in [0.25, 0.3) is 0 Å². The summed E-state index contributed by atoms with van der Waals surface area (Å²) < 4.78 is 40.4. The zero-order valence-electron chi connectivity index (χ0n) is 13.4. The molecule has 136 valence electrons. The highest BCUT2D eigenvalue weighted by Gasteiger charge is 2.39. The number of aromatic nitrogens is 4. The molecule has 2 N–H and O–H groups in total. The molecule has 2 aromatic rings. The van der Waals surface area contributed by atoms with E-state index in [0.29, 0.717) is 6.54 Å². The van der Waals surface area contributed by atoms with Gasteiger partial charge in [-0.05, 0) is 22.9 Å². The van der Waals surface area contributed by atoms with Crippen LogP contribution in [0.15, 0.2) is 10.7 Å². The van der Waals surface area contributed by atoms with E-state index in [1.807, 2.05) is 0 Å². The summed E-state index contributed by atoms with van der Waals surface area (Å²) in [5, 5.41) is 12.1. The third kappa shape index (κ3) is 3.67. The molecule has 0 bridgehead atoms. The summed E-state index contributed by atoms with van der Waals surface area (Å²) in [7, 11) is 2.61. The van der Waals surface area contributed by atoms with Crippen LogP contribution in [-0.2, 0) is 19.8 Å². The van der Waals surface area contributed by atoms with Gasteiger partial charge < -0.3 is 10.6 Å². The standard InChI is InChI=1S/C13H14BrF3N6O2/c1-4-23-5-6(8(20-23)11(24)18-2)19-12(25)9-7(14)10(13(15,16)17)21-22(9)3/h5H,4H2,1-3H3,(H,18,24)(H,19,25). The van der Waals surface area contributed by atoms with Crippen LogP contribution in [0.1, 0.15) is 33.6 Å². The van der Waals surface area contributed by atoms with Gasteiger partial charge in [-0.2, -0.15) is 23.4 Å². The van der Waals surface area contributed by atoms with Crippen molar-refractivity contribution in [1.82, 2.24) is 24.9 Å². The second-order valence-electron chi connectivity index (χ2n) is 4.91. The fourth-order valence-electron chi connectivity index (χ4n) is 2.07. The molecule has 25 heavy (non-hydrogen) atoms. The van der Waals surface area contributed by atoms with Crippen molar-refractivity contribution < 1.29 is 22.8 Å². The minimum absolute atomic E-state index is 0.0490. The molecule has 8 nitrogen and oxygen atoms in total. The van der Waals surface area contributed by atoms with Crippen LogP contribution in [0.5, 0.6) is 0 Å². The zero-order chi connectivity index (χ0) is 18.9. The van der Waals surface area contributed by atoms with Crippen molar-refractivity contribution in [2.75, 3.05) is 12.4 Å². The quantitative estimate of drug-likeness (QED) is 0.787. The van der Waals surface area contributed by atoms with E-state index in [9.17, 15) is 22.8 Å². The summed E-state index contributed by atoms with van der Waals surface area (Å²) in [6.45, 7) is 2.22. The second-order valence-corrected chi connectivity index (χ2v) is 5.71. The average molecular weight is 423 g/mol. The maximum atomic E-state index is 12.9. The number of aryl methyl sites for hydroxylation is 2. The number of carbonyl (C=O) groups is 2. The van der Waals surface area contributed by atoms with Crippen LogP contribution in [0.2, 0.25) is 0 Å². The fourth-order valence-corrected chi connectivity index (χ4v) is 2.81. The predicted octanol–water partition coefficient (Wildman–Crippen LogP) is 2.03. The summed E-state index contributed by atoms with van der Waals surface area (Å²) in [6.07, 6.45) is -3.30. The molecular formula is C13H14BrF3N6O2. The summed E-state index contributed by atoms with van der Waals surface area (Å²) in [5.41, 5.74) is -1.52. The van der Waals surface area contributed by atoms with Crippen molar-refractivity contribution in [1.29, 1.82) is 0 Å². The van der Waals surface area contributed by atoms with Crippen molar-refractivity contribution in [3.8, 4) is 0 Å². The van der Waals surface area contributed by atoms with Crippen molar-refractivity contribution in [3.63, 3.8) is 0 Å². The largest absolute Gasteiger partial charge is 0.436 e. The number of nitrogens with one attached hydrogen (secondary N) is 2. The fraction of sp³-hybridized carbons (Fsp3) is 0.385. The average Bonchev–Trinajstić information content (AvgIpc) is 3.06. The molecule has 0 aliphatic rings. The number of rotatable bonds is 4. The number of amides is 2. The topological polar surface area (TPSA) is 93.8 Å². The number of hydrogen-bond acceptors (Lipinski definition) is 4. The molecule has 0 aromatic carbocycles. The van der Waals surface area contributed by atoms with Gasteiger partial charge >= 0.3 is 6.18 Å². The first kappa shape index (κ1) is 19.0. The first-order chi connectivity index (χ1) is 11.6. The Bertz CT molecular complexity index is 827. The molecule has 12 heteroatoms. The first-order valence-corrected chi connectivity index (χ1v) is 7.80. The van der Waals surface area contributed by atoms with Crippen LogP contribution < -0.4 is 10.6 Å². The molecule has 2 heterocycles. The molecule has 0 fully saturated rings. The van der Waals surface area contributed by atoms with Crippen LogP contribution in [0.3, 0.4) is 0 Å². The van der Waals surface area contributed by atoms with Crippen molar-refractivity contribution in [3.05, 3.63) is 27.8 Å². The zero-order valence-corrected chi connectivity index (χ0v) is 15.0. The van der Waals surface area contributed by atoms with E-state index >= 15 is 0 Å². The molecular weight excluding hydrogens is 409 g/mol. The van der Waals surface area contributed by atoms with Gasteiger partial charge in [-0.15, -0.1) is 0 Å². The lowest BCUT2D eigenvalue weighted by Crippen LogP contribution is -2.22. The van der Waals surface area contributed by atoms with Gasteiger partial charge in [-0.1, -0.05) is 0 Å². The van der Waals surface area contributed by atoms with Crippen molar-refractivity contribution >= 4 is 33.4 Å². The van der Waals surface area contributed by atoms with Crippen LogP contribution in [0.4, 0.5) is 18.9 Å². The van der Waals surface area contributed by atoms with Crippen LogP contribution >= 0.6 is 15.9 Å². The molecule has 0 aliphatic heterocycles. The Labute approximate surface area is 148 Å². The van der Waals surface area contributed by atoms with E-state index < -0.39 is 28.2 Å². The van der Waals surface area contributed by atoms with E-state index in [2.05, 4.69) is 36.8 Å². The van der Waals surface area contributed by atoms with E-state index in [-0.39, 0.29) is 17.1 Å². The normalized spacial score (nSPS) is 11.5. The molecule has 0 unspecified atom stereocenters. The lowest BCUT2D eigenvalue weighted by Gasteiger charge is -2.06. The van der Waals surface area contributed by atoms with Crippen molar-refractivity contribution in [2.45, 2.75) is 19.6 Å². The van der Waals surface area contributed by atoms with E-state index in [1.165, 1.54) is 25.0 Å². The van der Waals surface area contributed by atoms with Gasteiger partial charge in [0.25, 0.3) is 11.8 Å². The number of carbonyl (C=O) groups excluding carboxylic acids is 2. The first-order valence-electron chi connectivity index (χ1n) is 7.00. The molecule has 2 aromatic heterocycles. The Kier molecular flexibility index (Phi) is 5.20. The third-order valence-corrected chi connectivity index (χ3v) is 4.00. The molecule has 0 saturated carbocycles. The van der Waals surface area contributed by atoms with E-state index in [4.69, 9.17) is 0 Å². The summed E-state index contributed by atoms with van der Waals surface area (Å²) in [4.78, 5) is 24.3. The van der Waals surface area contributed by atoms with E-state index in [1.54, 1.807) is 6.92 Å². The highest BCUT2D eigenvalue weighted by molar-refractivity contribution is 9.10. The Morgan fingerprint density at radius 2 is 1.92 bits per heavy atom. The molecule has 0 aliphatic carbocycles. The Hall–Kier alpha value is -2.37. The molecule has 0 atom stereocenters. The Balaban J connectivity index is 2.40. The maximum Gasteiger partial charge on any atom is 0.436 e. The smallest absolute Gasteiger partial charge is 0.354 e. The number of halogens is 4. The Morgan fingerprint density at radius 1 is 1.28 bits per heavy atom.